The highest BCUT2D eigenvalue weighted by molar-refractivity contribution is 7.92. The van der Waals surface area contributed by atoms with Gasteiger partial charge in [0, 0.05) is 17.6 Å². The van der Waals surface area contributed by atoms with Crippen LogP contribution in [-0.4, -0.2) is 50.0 Å². The fourth-order valence-electron chi connectivity index (χ4n) is 4.92. The molecular formula is C28H38ClN3O4S. The van der Waals surface area contributed by atoms with Crippen LogP contribution in [0.1, 0.15) is 63.5 Å². The molecule has 0 heterocycles. The van der Waals surface area contributed by atoms with E-state index in [1.165, 1.54) is 11.3 Å². The zero-order valence-electron chi connectivity index (χ0n) is 22.0. The van der Waals surface area contributed by atoms with E-state index < -0.39 is 28.5 Å². The molecule has 37 heavy (non-hydrogen) atoms. The van der Waals surface area contributed by atoms with Crippen LogP contribution in [0.5, 0.6) is 0 Å². The van der Waals surface area contributed by atoms with E-state index in [9.17, 15) is 18.0 Å². The van der Waals surface area contributed by atoms with E-state index in [1.807, 2.05) is 38.1 Å². The van der Waals surface area contributed by atoms with Gasteiger partial charge in [-0.15, -0.1) is 0 Å². The Bertz CT molecular complexity index is 1180. The molecule has 0 radical (unpaired) electrons. The molecule has 1 saturated carbocycles. The van der Waals surface area contributed by atoms with Crippen LogP contribution in [0.4, 0.5) is 5.69 Å². The van der Waals surface area contributed by atoms with Crippen molar-refractivity contribution >= 4 is 39.1 Å². The Labute approximate surface area is 226 Å². The van der Waals surface area contributed by atoms with Crippen LogP contribution >= 0.6 is 11.6 Å². The molecule has 0 aliphatic heterocycles. The Hall–Kier alpha value is -2.58. The van der Waals surface area contributed by atoms with E-state index in [1.54, 1.807) is 24.3 Å². The summed E-state index contributed by atoms with van der Waals surface area (Å²) in [5.74, 6) is -0.670. The standard InChI is InChI=1S/C28H38ClN3O4S/c1-4-21-13-10-12-18-26(21)32(37(3,35)36)20-27(33)31(19-22-14-9-11-17-24(22)29)25(5-2)28(34)30-23-15-7-6-8-16-23/h9-14,17-18,23,25H,4-8,15-16,19-20H2,1-3H3,(H,30,34). The fraction of sp³-hybridized carbons (Fsp3) is 0.500. The highest BCUT2D eigenvalue weighted by Crippen LogP contribution is 2.26. The summed E-state index contributed by atoms with van der Waals surface area (Å²) in [5, 5.41) is 3.63. The molecule has 1 fully saturated rings. The van der Waals surface area contributed by atoms with Crippen molar-refractivity contribution in [3.05, 3.63) is 64.7 Å². The number of para-hydroxylation sites is 1. The number of hydrogen-bond donors (Lipinski definition) is 1. The molecule has 1 unspecified atom stereocenters. The number of amides is 2. The van der Waals surface area contributed by atoms with Gasteiger partial charge in [0.05, 0.1) is 11.9 Å². The highest BCUT2D eigenvalue weighted by atomic mass is 35.5. The third-order valence-electron chi connectivity index (χ3n) is 6.96. The maximum absolute atomic E-state index is 13.9. The Morgan fingerprint density at radius 2 is 1.62 bits per heavy atom. The second-order valence-corrected chi connectivity index (χ2v) is 11.9. The monoisotopic (exact) mass is 547 g/mol. The quantitative estimate of drug-likeness (QED) is 0.432. The molecule has 9 heteroatoms. The van der Waals surface area contributed by atoms with Crippen molar-refractivity contribution in [3.63, 3.8) is 0 Å². The summed E-state index contributed by atoms with van der Waals surface area (Å²) in [6.45, 7) is 3.49. The number of nitrogens with one attached hydrogen (secondary N) is 1. The molecule has 0 saturated heterocycles. The maximum Gasteiger partial charge on any atom is 0.244 e. The summed E-state index contributed by atoms with van der Waals surface area (Å²) < 4.78 is 26.9. The molecule has 0 aromatic heterocycles. The number of hydrogen-bond acceptors (Lipinski definition) is 4. The summed E-state index contributed by atoms with van der Waals surface area (Å²) >= 11 is 6.43. The molecule has 0 bridgehead atoms. The predicted molar refractivity (Wildman–Crippen MR) is 149 cm³/mol. The lowest BCUT2D eigenvalue weighted by Gasteiger charge is -2.34. The van der Waals surface area contributed by atoms with Crippen LogP contribution in [0.2, 0.25) is 5.02 Å². The molecule has 1 aliphatic rings. The Kier molecular flexibility index (Phi) is 10.4. The normalized spacial score (nSPS) is 15.1. The summed E-state index contributed by atoms with van der Waals surface area (Å²) in [7, 11) is -3.78. The molecule has 2 aromatic rings. The van der Waals surface area contributed by atoms with Gasteiger partial charge < -0.3 is 10.2 Å². The smallest absolute Gasteiger partial charge is 0.244 e. The summed E-state index contributed by atoms with van der Waals surface area (Å²) in [6, 6.07) is 13.7. The molecule has 1 aliphatic carbocycles. The SMILES string of the molecule is CCc1ccccc1N(CC(=O)N(Cc1ccccc1Cl)C(CC)C(=O)NC1CCCCC1)S(C)(=O)=O. The highest BCUT2D eigenvalue weighted by Gasteiger charge is 2.33. The van der Waals surface area contributed by atoms with Gasteiger partial charge in [0.15, 0.2) is 0 Å². The first-order valence-electron chi connectivity index (χ1n) is 13.0. The molecule has 202 valence electrons. The minimum Gasteiger partial charge on any atom is -0.352 e. The number of benzene rings is 2. The number of rotatable bonds is 11. The van der Waals surface area contributed by atoms with Crippen LogP contribution in [-0.2, 0) is 32.6 Å². The average Bonchev–Trinajstić information content (AvgIpc) is 2.88. The molecular weight excluding hydrogens is 510 g/mol. The van der Waals surface area contributed by atoms with Gasteiger partial charge in [0.25, 0.3) is 0 Å². The first-order valence-corrected chi connectivity index (χ1v) is 15.3. The minimum absolute atomic E-state index is 0.0940. The van der Waals surface area contributed by atoms with Crippen LogP contribution < -0.4 is 9.62 Å². The number of aryl methyl sites for hydroxylation is 1. The van der Waals surface area contributed by atoms with Crippen LogP contribution in [0.3, 0.4) is 0 Å². The van der Waals surface area contributed by atoms with Gasteiger partial charge >= 0.3 is 0 Å². The number of nitrogens with zero attached hydrogens (tertiary/aromatic N) is 2. The topological polar surface area (TPSA) is 86.8 Å². The third-order valence-corrected chi connectivity index (χ3v) is 8.45. The Balaban J connectivity index is 1.95. The Morgan fingerprint density at radius 3 is 2.22 bits per heavy atom. The fourth-order valence-corrected chi connectivity index (χ4v) is 6.00. The van der Waals surface area contributed by atoms with E-state index in [0.29, 0.717) is 29.1 Å². The number of anilines is 1. The molecule has 1 N–H and O–H groups in total. The van der Waals surface area contributed by atoms with Crippen molar-refractivity contribution in [2.45, 2.75) is 77.4 Å². The summed E-state index contributed by atoms with van der Waals surface area (Å²) in [6.07, 6.45) is 7.26. The lowest BCUT2D eigenvalue weighted by Crippen LogP contribution is -2.54. The lowest BCUT2D eigenvalue weighted by atomic mass is 9.95. The van der Waals surface area contributed by atoms with Crippen molar-refractivity contribution in [1.82, 2.24) is 10.2 Å². The molecule has 2 aromatic carbocycles. The largest absolute Gasteiger partial charge is 0.352 e. The molecule has 0 spiro atoms. The van der Waals surface area contributed by atoms with E-state index in [4.69, 9.17) is 11.6 Å². The van der Waals surface area contributed by atoms with Gasteiger partial charge in [0.2, 0.25) is 21.8 Å². The van der Waals surface area contributed by atoms with Gasteiger partial charge in [-0.25, -0.2) is 8.42 Å². The van der Waals surface area contributed by atoms with Crippen molar-refractivity contribution in [1.29, 1.82) is 0 Å². The van der Waals surface area contributed by atoms with Gasteiger partial charge in [-0.1, -0.05) is 81.1 Å². The predicted octanol–water partition coefficient (Wildman–Crippen LogP) is 4.92. The van der Waals surface area contributed by atoms with Crippen LogP contribution in [0.15, 0.2) is 48.5 Å². The van der Waals surface area contributed by atoms with Gasteiger partial charge in [-0.2, -0.15) is 0 Å². The van der Waals surface area contributed by atoms with Crippen LogP contribution in [0, 0.1) is 0 Å². The molecule has 2 amide bonds. The number of carbonyl (C=O) groups excluding carboxylic acids is 2. The van der Waals surface area contributed by atoms with Gasteiger partial charge in [-0.05, 0) is 48.9 Å². The van der Waals surface area contributed by atoms with E-state index >= 15 is 0 Å². The van der Waals surface area contributed by atoms with E-state index in [2.05, 4.69) is 5.32 Å². The van der Waals surface area contributed by atoms with E-state index in [0.717, 1.165) is 41.8 Å². The van der Waals surface area contributed by atoms with Gasteiger partial charge in [-0.3, -0.25) is 13.9 Å². The zero-order valence-corrected chi connectivity index (χ0v) is 23.5. The van der Waals surface area contributed by atoms with Crippen LogP contribution in [0.25, 0.3) is 0 Å². The summed E-state index contributed by atoms with van der Waals surface area (Å²) in [5.41, 5.74) is 1.99. The first kappa shape index (κ1) is 29.0. The minimum atomic E-state index is -3.78. The van der Waals surface area contributed by atoms with Crippen molar-refractivity contribution in [3.8, 4) is 0 Å². The summed E-state index contributed by atoms with van der Waals surface area (Å²) in [4.78, 5) is 28.8. The molecule has 7 nitrogen and oxygen atoms in total. The van der Waals surface area contributed by atoms with Crippen molar-refractivity contribution < 1.29 is 18.0 Å². The Morgan fingerprint density at radius 1 is 1.00 bits per heavy atom. The molecule has 3 rings (SSSR count). The molecule has 1 atom stereocenters. The zero-order chi connectivity index (χ0) is 27.0. The average molecular weight is 548 g/mol. The van der Waals surface area contributed by atoms with E-state index in [-0.39, 0.29) is 18.5 Å². The third kappa shape index (κ3) is 7.71. The number of carbonyl (C=O) groups is 2. The first-order chi connectivity index (χ1) is 17.7. The van der Waals surface area contributed by atoms with Crippen molar-refractivity contribution in [2.24, 2.45) is 0 Å². The number of sulfonamides is 1. The second kappa shape index (κ2) is 13.3. The second-order valence-electron chi connectivity index (χ2n) is 9.63. The maximum atomic E-state index is 13.9. The van der Waals surface area contributed by atoms with Gasteiger partial charge in [0.1, 0.15) is 12.6 Å². The number of halogens is 1. The lowest BCUT2D eigenvalue weighted by molar-refractivity contribution is -0.140. The van der Waals surface area contributed by atoms with Crippen molar-refractivity contribution in [2.75, 3.05) is 17.1 Å².